The van der Waals surface area contributed by atoms with Crippen LogP contribution in [0.3, 0.4) is 0 Å². The predicted octanol–water partition coefficient (Wildman–Crippen LogP) is 8.56. The molecule has 0 heterocycles. The zero-order chi connectivity index (χ0) is 31.6. The van der Waals surface area contributed by atoms with Gasteiger partial charge in [-0.1, -0.05) is 137 Å². The summed E-state index contributed by atoms with van der Waals surface area (Å²) in [6.07, 6.45) is 15.0. The number of nitrogens with two attached hydrogens (primary N) is 2. The first-order valence-electron chi connectivity index (χ1n) is 15.5. The van der Waals surface area contributed by atoms with Crippen molar-refractivity contribution in [1.29, 1.82) is 0 Å². The van der Waals surface area contributed by atoms with Crippen molar-refractivity contribution < 1.29 is 26.5 Å². The van der Waals surface area contributed by atoms with Crippen molar-refractivity contribution in [3.63, 3.8) is 0 Å². The van der Waals surface area contributed by atoms with E-state index in [0.717, 1.165) is 27.9 Å². The summed E-state index contributed by atoms with van der Waals surface area (Å²) in [6, 6.07) is 27.7. The van der Waals surface area contributed by atoms with Crippen LogP contribution in [0.2, 0.25) is 0 Å². The van der Waals surface area contributed by atoms with E-state index in [2.05, 4.69) is 57.6 Å². The molecule has 2 saturated carbocycles. The van der Waals surface area contributed by atoms with Gasteiger partial charge in [-0.3, -0.25) is 0 Å². The van der Waals surface area contributed by atoms with Crippen molar-refractivity contribution in [2.24, 2.45) is 26.8 Å². The first kappa shape index (κ1) is 37.6. The van der Waals surface area contributed by atoms with Crippen LogP contribution in [0.4, 0.5) is 4.79 Å². The fourth-order valence-corrected chi connectivity index (χ4v) is 5.02. The molecule has 0 aliphatic heterocycles. The smallest absolute Gasteiger partial charge is 0.741 e. The van der Waals surface area contributed by atoms with Crippen molar-refractivity contribution >= 4 is 56.8 Å². The molecular weight excluding hydrogens is 612 g/mol. The number of primary amides is 1. The van der Waals surface area contributed by atoms with Gasteiger partial charge < -0.3 is 24.1 Å². The Hall–Kier alpha value is -3.59. The molecule has 0 spiro atoms. The molecule has 7 nitrogen and oxygen atoms in total. The Morgan fingerprint density at radius 2 is 0.978 bits per heavy atom. The summed E-state index contributed by atoms with van der Waals surface area (Å²) >= 11 is 4.64. The molecule has 4 aromatic carbocycles. The fourth-order valence-electron chi connectivity index (χ4n) is 4.98. The molecule has 2 amide bonds. The number of hydrogen-bond donors (Lipinski definition) is 3. The molecule has 2 fully saturated rings. The summed E-state index contributed by atoms with van der Waals surface area (Å²) in [5.74, 6) is 0. The van der Waals surface area contributed by atoms with Gasteiger partial charge in [-0.15, -0.1) is 0 Å². The van der Waals surface area contributed by atoms with Gasteiger partial charge in [0.1, 0.15) is 0 Å². The van der Waals surface area contributed by atoms with Crippen LogP contribution in [-0.4, -0.2) is 22.6 Å². The topological polar surface area (TPSA) is 118 Å². The molecule has 0 aromatic heterocycles. The van der Waals surface area contributed by atoms with Gasteiger partial charge in [0.2, 0.25) is 0 Å². The third kappa shape index (κ3) is 14.4. The Morgan fingerprint density at radius 1 is 0.600 bits per heavy atom. The van der Waals surface area contributed by atoms with E-state index in [-0.39, 0.29) is 26.9 Å². The number of nitrogens with one attached hydrogen (secondary N) is 1. The summed E-state index contributed by atoms with van der Waals surface area (Å²) < 4.78 is 0. The normalized spacial score (nSPS) is 14.6. The van der Waals surface area contributed by atoms with Crippen LogP contribution in [0.25, 0.3) is 21.5 Å². The van der Waals surface area contributed by atoms with Crippen LogP contribution in [0.15, 0.2) is 100 Å². The molecule has 45 heavy (non-hydrogen) atoms. The Balaban J connectivity index is 0.000000235. The summed E-state index contributed by atoms with van der Waals surface area (Å²) in [4.78, 5) is 10.6. The second kappa shape index (κ2) is 21.2. The van der Waals surface area contributed by atoms with Crippen LogP contribution in [0.5, 0.6) is 0 Å². The number of amides is 2. The van der Waals surface area contributed by atoms with Gasteiger partial charge in [0, 0.05) is 0 Å². The van der Waals surface area contributed by atoms with Crippen LogP contribution < -0.4 is 16.9 Å². The van der Waals surface area contributed by atoms with E-state index >= 15 is 0 Å². The summed E-state index contributed by atoms with van der Waals surface area (Å²) in [7, 11) is 0. The predicted molar refractivity (Wildman–Crippen MR) is 190 cm³/mol. The maximum atomic E-state index is 10.6. The van der Waals surface area contributed by atoms with Crippen molar-refractivity contribution in [2.75, 3.05) is 0 Å². The van der Waals surface area contributed by atoms with Crippen molar-refractivity contribution in [3.05, 3.63) is 96.1 Å². The number of amidine groups is 1. The Bertz CT molecular complexity index is 1550. The summed E-state index contributed by atoms with van der Waals surface area (Å²) in [5, 5.41) is 16.3. The maximum Gasteiger partial charge on any atom is 3.00 e. The molecule has 0 atom stereocenters. The van der Waals surface area contributed by atoms with E-state index in [9.17, 15) is 4.79 Å². The van der Waals surface area contributed by atoms with E-state index in [1.165, 1.54) is 80.4 Å². The number of carbonyl (C=O) groups is 1. The number of hydrazone groups is 1. The van der Waals surface area contributed by atoms with Gasteiger partial charge in [0.15, 0.2) is 0 Å². The van der Waals surface area contributed by atoms with Crippen LogP contribution >= 0.6 is 0 Å². The van der Waals surface area contributed by atoms with Gasteiger partial charge in [0.05, 0.1) is 11.4 Å². The molecule has 2 aliphatic rings. The maximum absolute atomic E-state index is 10.6. The number of fused-ring (bicyclic) bond motifs is 2. The average molecular weight is 658 g/mol. The Kier molecular flexibility index (Phi) is 17.7. The van der Waals surface area contributed by atoms with Crippen LogP contribution in [0.1, 0.15) is 89.2 Å². The standard InChI is InChI=1S/C13H13N3O.C13H13N3S.2C5H10.Ti/c2*1-9(15-16-13(14)17)11-7-6-10-4-2-3-5-12(10)8-11;2*1-2-4-5-3-1;/h2*2-8H,1H3,(H3,14,16,17);2*1-5H2;/q;;;;+3/p-1/b2*15-9+;;;. The zero-order valence-corrected chi connectivity index (χ0v) is 28.8. The number of urea groups is 1. The minimum Gasteiger partial charge on any atom is -0.741 e. The summed E-state index contributed by atoms with van der Waals surface area (Å²) in [5.41, 5.74) is 15.9. The molecule has 0 bridgehead atoms. The molecular formula is C36H45N6OSTi+2. The van der Waals surface area contributed by atoms with Gasteiger partial charge >= 0.3 is 27.7 Å². The Morgan fingerprint density at radius 3 is 1.36 bits per heavy atom. The quantitative estimate of drug-likeness (QED) is 0.0671. The molecule has 6 rings (SSSR count). The largest absolute Gasteiger partial charge is 3.00 e. The Labute approximate surface area is 288 Å². The molecule has 0 unspecified atom stereocenters. The third-order valence-electron chi connectivity index (χ3n) is 7.47. The van der Waals surface area contributed by atoms with Gasteiger partial charge in [-0.25, -0.2) is 10.2 Å². The average Bonchev–Trinajstić information content (AvgIpc) is 3.83. The van der Waals surface area contributed by atoms with E-state index in [4.69, 9.17) is 11.5 Å². The van der Waals surface area contributed by atoms with E-state index in [1.54, 1.807) is 0 Å². The minimum absolute atomic E-state index is 0. The number of rotatable bonds is 4. The summed E-state index contributed by atoms with van der Waals surface area (Å²) in [6.45, 7) is 3.70. The molecule has 1 radical (unpaired) electrons. The van der Waals surface area contributed by atoms with E-state index in [1.807, 2.05) is 74.5 Å². The molecule has 0 saturated heterocycles. The van der Waals surface area contributed by atoms with Crippen LogP contribution in [-0.2, 0) is 34.3 Å². The van der Waals surface area contributed by atoms with Gasteiger partial charge in [0.25, 0.3) is 0 Å². The molecule has 233 valence electrons. The number of benzene rings is 4. The molecule has 5 N–H and O–H groups in total. The number of hydrogen-bond acceptors (Lipinski definition) is 5. The monoisotopic (exact) mass is 657 g/mol. The second-order valence-corrected chi connectivity index (χ2v) is 11.4. The van der Waals surface area contributed by atoms with Crippen molar-refractivity contribution in [1.82, 2.24) is 5.43 Å². The molecule has 9 heteroatoms. The van der Waals surface area contributed by atoms with E-state index < -0.39 is 6.03 Å². The minimum atomic E-state index is -0.662. The molecule has 2 aliphatic carbocycles. The SMILES string of the molecule is C/C(=N\N=C(\N)[S-])c1ccc2ccccc2c1.C/C(=N\NC(N)=O)c1ccc2ccccc2c1.C1CCCC1.C1CCCC1.[Ti+3]. The van der Waals surface area contributed by atoms with Crippen molar-refractivity contribution in [2.45, 2.75) is 78.1 Å². The van der Waals surface area contributed by atoms with Crippen LogP contribution in [0, 0.1) is 0 Å². The fraction of sp³-hybridized carbons (Fsp3) is 0.333. The first-order chi connectivity index (χ1) is 21.3. The van der Waals surface area contributed by atoms with Gasteiger partial charge in [-0.2, -0.15) is 15.3 Å². The number of nitrogens with zero attached hydrogens (tertiary/aromatic N) is 3. The number of carbonyl (C=O) groups excluding carboxylic acids is 1. The van der Waals surface area contributed by atoms with Gasteiger partial charge in [-0.05, 0) is 63.8 Å². The molecule has 4 aromatic rings. The van der Waals surface area contributed by atoms with E-state index in [0.29, 0.717) is 0 Å². The van der Waals surface area contributed by atoms with Crippen molar-refractivity contribution in [3.8, 4) is 0 Å². The first-order valence-corrected chi connectivity index (χ1v) is 15.9. The third-order valence-corrected chi connectivity index (χ3v) is 7.55. The second-order valence-electron chi connectivity index (χ2n) is 11.0. The zero-order valence-electron chi connectivity index (χ0n) is 26.5.